The summed E-state index contributed by atoms with van der Waals surface area (Å²) in [6.07, 6.45) is 16.8. The van der Waals surface area contributed by atoms with Crippen LogP contribution in [0.15, 0.2) is 28.7 Å². The first kappa shape index (κ1) is 16.5. The van der Waals surface area contributed by atoms with Gasteiger partial charge >= 0.3 is 0 Å². The summed E-state index contributed by atoms with van der Waals surface area (Å²) < 4.78 is 1.12. The van der Waals surface area contributed by atoms with Gasteiger partial charge < -0.3 is 0 Å². The lowest BCUT2D eigenvalue weighted by Crippen LogP contribution is -1.80. The van der Waals surface area contributed by atoms with Gasteiger partial charge in [0.1, 0.15) is 0 Å². The van der Waals surface area contributed by atoms with Crippen LogP contribution in [0.2, 0.25) is 0 Å². The smallest absolute Gasteiger partial charge is 0.0181 e. The number of allylic oxidation sites excluding steroid dienone is 1. The van der Waals surface area contributed by atoms with E-state index in [9.17, 15) is 0 Å². The molecule has 0 heterocycles. The summed E-state index contributed by atoms with van der Waals surface area (Å²) >= 11 is 3.48. The standard InChI is InChI=1S/C18H26Br/c1-2-3-4-5-6-7-8-9-10-11-13-17-14-12-15-18(19)16-17/h11-13,15-16H,2-10H2,1H3/b13-11+. The van der Waals surface area contributed by atoms with Crippen molar-refractivity contribution in [1.29, 1.82) is 0 Å². The van der Waals surface area contributed by atoms with Crippen molar-refractivity contribution in [3.63, 3.8) is 0 Å². The Labute approximate surface area is 127 Å². The number of hydrogen-bond donors (Lipinski definition) is 0. The molecule has 0 unspecified atom stereocenters. The Balaban J connectivity index is 1.99. The van der Waals surface area contributed by atoms with Gasteiger partial charge in [-0.1, -0.05) is 86.0 Å². The summed E-state index contributed by atoms with van der Waals surface area (Å²) in [4.78, 5) is 0. The van der Waals surface area contributed by atoms with Gasteiger partial charge in [0, 0.05) is 4.47 Å². The SMILES string of the molecule is CCCCCCCCCC/C=C/c1[c]ccc(Br)c1. The molecule has 1 aromatic rings. The van der Waals surface area contributed by atoms with E-state index in [4.69, 9.17) is 0 Å². The van der Waals surface area contributed by atoms with Crippen molar-refractivity contribution in [1.82, 2.24) is 0 Å². The summed E-state index contributed by atoms with van der Waals surface area (Å²) in [6, 6.07) is 9.29. The second-order valence-corrected chi connectivity index (χ2v) is 6.04. The third-order valence-electron chi connectivity index (χ3n) is 3.31. The molecule has 0 aliphatic heterocycles. The first-order valence-electron chi connectivity index (χ1n) is 7.66. The minimum Gasteiger partial charge on any atom is -0.0839 e. The van der Waals surface area contributed by atoms with E-state index in [2.05, 4.69) is 47.1 Å². The summed E-state index contributed by atoms with van der Waals surface area (Å²) in [7, 11) is 0. The van der Waals surface area contributed by atoms with Gasteiger partial charge in [0.2, 0.25) is 0 Å². The van der Waals surface area contributed by atoms with Crippen molar-refractivity contribution < 1.29 is 0 Å². The highest BCUT2D eigenvalue weighted by atomic mass is 79.9. The molecule has 0 aromatic heterocycles. The Bertz CT molecular complexity index is 354. The van der Waals surface area contributed by atoms with Crippen molar-refractivity contribution in [2.75, 3.05) is 0 Å². The maximum atomic E-state index is 3.48. The Kier molecular flexibility index (Phi) is 9.79. The maximum Gasteiger partial charge on any atom is 0.0181 e. The van der Waals surface area contributed by atoms with Crippen molar-refractivity contribution in [3.05, 3.63) is 40.4 Å². The molecule has 1 aromatic carbocycles. The molecule has 0 nitrogen and oxygen atoms in total. The molecule has 1 radical (unpaired) electrons. The Morgan fingerprint density at radius 2 is 1.74 bits per heavy atom. The van der Waals surface area contributed by atoms with Crippen LogP contribution in [0.1, 0.15) is 70.3 Å². The van der Waals surface area contributed by atoms with Crippen molar-refractivity contribution in [2.45, 2.75) is 64.7 Å². The van der Waals surface area contributed by atoms with Gasteiger partial charge in [-0.25, -0.2) is 0 Å². The molecule has 0 aliphatic rings. The monoisotopic (exact) mass is 321 g/mol. The molecule has 0 saturated carbocycles. The van der Waals surface area contributed by atoms with Crippen LogP contribution in [-0.4, -0.2) is 0 Å². The van der Waals surface area contributed by atoms with E-state index >= 15 is 0 Å². The molecule has 1 rings (SSSR count). The molecule has 19 heavy (non-hydrogen) atoms. The highest BCUT2D eigenvalue weighted by Crippen LogP contribution is 2.13. The minimum absolute atomic E-state index is 1.12. The zero-order chi connectivity index (χ0) is 13.8. The van der Waals surface area contributed by atoms with E-state index in [1.807, 2.05) is 12.1 Å². The Morgan fingerprint density at radius 1 is 1.05 bits per heavy atom. The van der Waals surface area contributed by atoms with Crippen LogP contribution in [0.5, 0.6) is 0 Å². The third kappa shape index (κ3) is 9.04. The van der Waals surface area contributed by atoms with Crippen molar-refractivity contribution in [3.8, 4) is 0 Å². The second kappa shape index (κ2) is 11.3. The minimum atomic E-state index is 1.12. The molecule has 0 fully saturated rings. The lowest BCUT2D eigenvalue weighted by Gasteiger charge is -2.00. The molecular formula is C18H26Br. The fourth-order valence-electron chi connectivity index (χ4n) is 2.16. The van der Waals surface area contributed by atoms with E-state index in [-0.39, 0.29) is 0 Å². The molecule has 105 valence electrons. The maximum absolute atomic E-state index is 3.48. The van der Waals surface area contributed by atoms with Crippen LogP contribution >= 0.6 is 15.9 Å². The normalized spacial score (nSPS) is 11.3. The lowest BCUT2D eigenvalue weighted by atomic mass is 10.1. The molecule has 0 saturated heterocycles. The highest BCUT2D eigenvalue weighted by Gasteiger charge is 1.91. The van der Waals surface area contributed by atoms with Crippen LogP contribution in [0.3, 0.4) is 0 Å². The largest absolute Gasteiger partial charge is 0.0839 e. The first-order chi connectivity index (χ1) is 9.33. The number of rotatable bonds is 10. The number of benzene rings is 1. The van der Waals surface area contributed by atoms with E-state index in [1.165, 1.54) is 57.8 Å². The molecule has 0 spiro atoms. The zero-order valence-corrected chi connectivity index (χ0v) is 13.7. The first-order valence-corrected chi connectivity index (χ1v) is 8.46. The Hall–Kier alpha value is -0.560. The van der Waals surface area contributed by atoms with Gasteiger partial charge in [0.15, 0.2) is 0 Å². The van der Waals surface area contributed by atoms with Crippen LogP contribution in [0.25, 0.3) is 6.08 Å². The van der Waals surface area contributed by atoms with Gasteiger partial charge in [-0.15, -0.1) is 0 Å². The van der Waals surface area contributed by atoms with Gasteiger partial charge in [0.25, 0.3) is 0 Å². The van der Waals surface area contributed by atoms with Crippen molar-refractivity contribution in [2.24, 2.45) is 0 Å². The van der Waals surface area contributed by atoms with Crippen LogP contribution in [-0.2, 0) is 0 Å². The molecule has 0 N–H and O–H groups in total. The summed E-state index contributed by atoms with van der Waals surface area (Å²) in [6.45, 7) is 2.27. The molecule has 0 atom stereocenters. The van der Waals surface area contributed by atoms with Gasteiger partial charge in [-0.3, -0.25) is 0 Å². The molecule has 0 aliphatic carbocycles. The van der Waals surface area contributed by atoms with Crippen LogP contribution < -0.4 is 0 Å². The topological polar surface area (TPSA) is 0 Å². The zero-order valence-electron chi connectivity index (χ0n) is 12.1. The third-order valence-corrected chi connectivity index (χ3v) is 3.80. The van der Waals surface area contributed by atoms with Crippen LogP contribution in [0.4, 0.5) is 0 Å². The predicted octanol–water partition coefficient (Wildman–Crippen LogP) is 6.79. The fraction of sp³-hybridized carbons (Fsp3) is 0.556. The van der Waals surface area contributed by atoms with Gasteiger partial charge in [-0.2, -0.15) is 0 Å². The van der Waals surface area contributed by atoms with E-state index in [0.29, 0.717) is 0 Å². The van der Waals surface area contributed by atoms with Gasteiger partial charge in [-0.05, 0) is 36.6 Å². The summed E-state index contributed by atoms with van der Waals surface area (Å²) in [5.41, 5.74) is 1.16. The highest BCUT2D eigenvalue weighted by molar-refractivity contribution is 9.10. The van der Waals surface area contributed by atoms with E-state index < -0.39 is 0 Å². The molecule has 0 bridgehead atoms. The predicted molar refractivity (Wildman–Crippen MR) is 89.2 cm³/mol. The second-order valence-electron chi connectivity index (χ2n) is 5.13. The van der Waals surface area contributed by atoms with Crippen molar-refractivity contribution >= 4 is 22.0 Å². The summed E-state index contributed by atoms with van der Waals surface area (Å²) in [5, 5.41) is 0. The fourth-order valence-corrected chi connectivity index (χ4v) is 2.54. The van der Waals surface area contributed by atoms with Crippen LogP contribution in [0, 0.1) is 6.07 Å². The quantitative estimate of drug-likeness (QED) is 0.416. The van der Waals surface area contributed by atoms with E-state index in [1.54, 1.807) is 0 Å². The Morgan fingerprint density at radius 3 is 2.42 bits per heavy atom. The lowest BCUT2D eigenvalue weighted by molar-refractivity contribution is 0.578. The molecule has 1 heteroatoms. The van der Waals surface area contributed by atoms with E-state index in [0.717, 1.165) is 10.0 Å². The average molecular weight is 322 g/mol. The molecule has 0 amide bonds. The average Bonchev–Trinajstić information content (AvgIpc) is 2.41. The number of unbranched alkanes of at least 4 members (excludes halogenated alkanes) is 8. The van der Waals surface area contributed by atoms with Gasteiger partial charge in [0.05, 0.1) is 0 Å². The molecular weight excluding hydrogens is 296 g/mol. The summed E-state index contributed by atoms with van der Waals surface area (Å²) in [5.74, 6) is 0. The number of halogens is 1. The number of hydrogen-bond acceptors (Lipinski definition) is 0.